The normalized spacial score (nSPS) is 10.5. The van der Waals surface area contributed by atoms with Crippen molar-refractivity contribution in [2.75, 3.05) is 6.54 Å². The molecule has 19 heavy (non-hydrogen) atoms. The summed E-state index contributed by atoms with van der Waals surface area (Å²) in [6.07, 6.45) is 0. The van der Waals surface area contributed by atoms with Gasteiger partial charge in [-0.1, -0.05) is 36.7 Å². The molecule has 0 saturated heterocycles. The summed E-state index contributed by atoms with van der Waals surface area (Å²) in [6.45, 7) is 5.94. The predicted molar refractivity (Wildman–Crippen MR) is 80.1 cm³/mol. The Hall–Kier alpha value is -1.51. The van der Waals surface area contributed by atoms with Crippen molar-refractivity contribution in [1.82, 2.24) is 5.32 Å². The van der Waals surface area contributed by atoms with Gasteiger partial charge in [0.1, 0.15) is 11.5 Å². The molecule has 1 N–H and O–H groups in total. The van der Waals surface area contributed by atoms with Gasteiger partial charge in [-0.2, -0.15) is 0 Å². The fourth-order valence-electron chi connectivity index (χ4n) is 1.79. The van der Waals surface area contributed by atoms with Crippen molar-refractivity contribution in [2.24, 2.45) is 0 Å². The SMILES string of the molecule is CCNCc1ccc(C)c(Oc2cccc(Cl)c2)c1. The maximum atomic E-state index is 5.96. The lowest BCUT2D eigenvalue weighted by molar-refractivity contribution is 0.478. The molecule has 0 amide bonds. The van der Waals surface area contributed by atoms with E-state index in [-0.39, 0.29) is 0 Å². The molecular formula is C16H18ClNO. The highest BCUT2D eigenvalue weighted by molar-refractivity contribution is 6.30. The first-order valence-corrected chi connectivity index (χ1v) is 6.80. The van der Waals surface area contributed by atoms with Crippen molar-refractivity contribution in [3.8, 4) is 11.5 Å². The number of benzene rings is 2. The number of nitrogens with one attached hydrogen (secondary N) is 1. The van der Waals surface area contributed by atoms with Crippen LogP contribution in [0.2, 0.25) is 5.02 Å². The summed E-state index contributed by atoms with van der Waals surface area (Å²) in [5.41, 5.74) is 2.32. The highest BCUT2D eigenvalue weighted by Gasteiger charge is 2.04. The van der Waals surface area contributed by atoms with E-state index in [0.717, 1.165) is 30.2 Å². The van der Waals surface area contributed by atoms with Gasteiger partial charge in [0.25, 0.3) is 0 Å². The molecule has 0 bridgehead atoms. The lowest BCUT2D eigenvalue weighted by Crippen LogP contribution is -2.11. The predicted octanol–water partition coefficient (Wildman–Crippen LogP) is 4.55. The van der Waals surface area contributed by atoms with Crippen molar-refractivity contribution in [3.63, 3.8) is 0 Å². The Morgan fingerprint density at radius 3 is 2.74 bits per heavy atom. The van der Waals surface area contributed by atoms with Gasteiger partial charge in [-0.15, -0.1) is 0 Å². The number of ether oxygens (including phenoxy) is 1. The lowest BCUT2D eigenvalue weighted by Gasteiger charge is -2.11. The second-order valence-electron chi connectivity index (χ2n) is 4.44. The second kappa shape index (κ2) is 6.60. The number of halogens is 1. The number of aryl methyl sites for hydroxylation is 1. The van der Waals surface area contributed by atoms with Gasteiger partial charge in [-0.05, 0) is 48.9 Å². The van der Waals surface area contributed by atoms with Crippen LogP contribution in [0.5, 0.6) is 11.5 Å². The minimum Gasteiger partial charge on any atom is -0.457 e. The van der Waals surface area contributed by atoms with Gasteiger partial charge in [-0.3, -0.25) is 0 Å². The average molecular weight is 276 g/mol. The van der Waals surface area contributed by atoms with Crippen molar-refractivity contribution >= 4 is 11.6 Å². The van der Waals surface area contributed by atoms with Gasteiger partial charge < -0.3 is 10.1 Å². The van der Waals surface area contributed by atoms with Crippen LogP contribution in [0.15, 0.2) is 42.5 Å². The number of hydrogen-bond donors (Lipinski definition) is 1. The van der Waals surface area contributed by atoms with E-state index in [1.54, 1.807) is 0 Å². The Balaban J connectivity index is 2.19. The molecule has 2 rings (SSSR count). The molecule has 0 aliphatic carbocycles. The van der Waals surface area contributed by atoms with E-state index >= 15 is 0 Å². The molecule has 0 atom stereocenters. The molecule has 0 radical (unpaired) electrons. The van der Waals surface area contributed by atoms with Crippen LogP contribution in [0.25, 0.3) is 0 Å². The smallest absolute Gasteiger partial charge is 0.130 e. The topological polar surface area (TPSA) is 21.3 Å². The van der Waals surface area contributed by atoms with E-state index in [9.17, 15) is 0 Å². The van der Waals surface area contributed by atoms with Crippen LogP contribution in [-0.4, -0.2) is 6.54 Å². The third-order valence-corrected chi connectivity index (χ3v) is 3.09. The fraction of sp³-hybridized carbons (Fsp3) is 0.250. The van der Waals surface area contributed by atoms with Crippen molar-refractivity contribution in [3.05, 3.63) is 58.6 Å². The van der Waals surface area contributed by atoms with Gasteiger partial charge in [0, 0.05) is 11.6 Å². The first-order valence-electron chi connectivity index (χ1n) is 6.42. The van der Waals surface area contributed by atoms with Gasteiger partial charge in [0.15, 0.2) is 0 Å². The molecule has 0 unspecified atom stereocenters. The standard InChI is InChI=1S/C16H18ClNO/c1-3-18-11-13-8-7-12(2)16(9-13)19-15-6-4-5-14(17)10-15/h4-10,18H,3,11H2,1-2H3. The Kier molecular flexibility index (Phi) is 4.83. The number of rotatable bonds is 5. The molecule has 0 heterocycles. The number of hydrogen-bond acceptors (Lipinski definition) is 2. The van der Waals surface area contributed by atoms with Gasteiger partial charge >= 0.3 is 0 Å². The van der Waals surface area contributed by atoms with Crippen LogP contribution in [0.3, 0.4) is 0 Å². The molecule has 2 aromatic carbocycles. The molecule has 100 valence electrons. The van der Waals surface area contributed by atoms with Crippen molar-refractivity contribution in [2.45, 2.75) is 20.4 Å². The minimum absolute atomic E-state index is 0.680. The van der Waals surface area contributed by atoms with Crippen LogP contribution in [0.4, 0.5) is 0 Å². The lowest BCUT2D eigenvalue weighted by atomic mass is 10.1. The van der Waals surface area contributed by atoms with Crippen molar-refractivity contribution < 1.29 is 4.74 Å². The molecule has 0 fully saturated rings. The summed E-state index contributed by atoms with van der Waals surface area (Å²) in [6, 6.07) is 13.7. The van der Waals surface area contributed by atoms with E-state index in [4.69, 9.17) is 16.3 Å². The van der Waals surface area contributed by atoms with Gasteiger partial charge in [-0.25, -0.2) is 0 Å². The van der Waals surface area contributed by atoms with Crippen LogP contribution in [0, 0.1) is 6.92 Å². The highest BCUT2D eigenvalue weighted by atomic mass is 35.5. The Bertz CT molecular complexity index is 554. The summed E-state index contributed by atoms with van der Waals surface area (Å²) >= 11 is 5.96. The summed E-state index contributed by atoms with van der Waals surface area (Å²) in [7, 11) is 0. The van der Waals surface area contributed by atoms with Crippen LogP contribution in [-0.2, 0) is 6.54 Å². The molecule has 0 aromatic heterocycles. The largest absolute Gasteiger partial charge is 0.457 e. The van der Waals surface area contributed by atoms with E-state index in [0.29, 0.717) is 5.02 Å². The monoisotopic (exact) mass is 275 g/mol. The summed E-state index contributed by atoms with van der Waals surface area (Å²) in [4.78, 5) is 0. The minimum atomic E-state index is 0.680. The fourth-order valence-corrected chi connectivity index (χ4v) is 1.97. The first-order chi connectivity index (χ1) is 9.19. The zero-order valence-corrected chi connectivity index (χ0v) is 12.0. The Morgan fingerprint density at radius 2 is 2.00 bits per heavy atom. The molecule has 2 aromatic rings. The Morgan fingerprint density at radius 1 is 1.16 bits per heavy atom. The van der Waals surface area contributed by atoms with E-state index in [2.05, 4.69) is 30.4 Å². The second-order valence-corrected chi connectivity index (χ2v) is 4.88. The maximum Gasteiger partial charge on any atom is 0.130 e. The first kappa shape index (κ1) is 13.9. The van der Waals surface area contributed by atoms with Crippen LogP contribution >= 0.6 is 11.6 Å². The summed E-state index contributed by atoms with van der Waals surface area (Å²) in [5.74, 6) is 1.63. The third-order valence-electron chi connectivity index (χ3n) is 2.86. The van der Waals surface area contributed by atoms with E-state index in [1.807, 2.05) is 31.2 Å². The van der Waals surface area contributed by atoms with Crippen molar-refractivity contribution in [1.29, 1.82) is 0 Å². The van der Waals surface area contributed by atoms with E-state index in [1.165, 1.54) is 5.56 Å². The quantitative estimate of drug-likeness (QED) is 0.864. The maximum absolute atomic E-state index is 5.96. The average Bonchev–Trinajstić information content (AvgIpc) is 2.40. The third kappa shape index (κ3) is 3.98. The molecule has 0 aliphatic heterocycles. The molecular weight excluding hydrogens is 258 g/mol. The molecule has 0 aliphatic rings. The van der Waals surface area contributed by atoms with Gasteiger partial charge in [0.05, 0.1) is 0 Å². The molecule has 3 heteroatoms. The zero-order valence-electron chi connectivity index (χ0n) is 11.2. The molecule has 0 spiro atoms. The zero-order chi connectivity index (χ0) is 13.7. The summed E-state index contributed by atoms with van der Waals surface area (Å²) in [5, 5.41) is 3.99. The molecule has 0 saturated carbocycles. The van der Waals surface area contributed by atoms with Crippen LogP contribution in [0.1, 0.15) is 18.1 Å². The van der Waals surface area contributed by atoms with Crippen LogP contribution < -0.4 is 10.1 Å². The summed E-state index contributed by atoms with van der Waals surface area (Å²) < 4.78 is 5.90. The van der Waals surface area contributed by atoms with Gasteiger partial charge in [0.2, 0.25) is 0 Å². The highest BCUT2D eigenvalue weighted by Crippen LogP contribution is 2.27. The Labute approximate surface area is 119 Å². The van der Waals surface area contributed by atoms with E-state index < -0.39 is 0 Å². The molecule has 2 nitrogen and oxygen atoms in total.